The maximum atomic E-state index is 14.0. The van der Waals surface area contributed by atoms with Crippen LogP contribution >= 0.6 is 23.6 Å². The highest BCUT2D eigenvalue weighted by Crippen LogP contribution is 2.38. The Labute approximate surface area is 184 Å². The van der Waals surface area contributed by atoms with Crippen molar-refractivity contribution in [1.82, 2.24) is 20.4 Å². The van der Waals surface area contributed by atoms with Crippen LogP contribution in [0.5, 0.6) is 0 Å². The summed E-state index contributed by atoms with van der Waals surface area (Å²) < 4.78 is 19.7. The average molecular weight is 443 g/mol. The van der Waals surface area contributed by atoms with Crippen molar-refractivity contribution in [2.75, 3.05) is 6.54 Å². The molecule has 1 aliphatic heterocycles. The van der Waals surface area contributed by atoms with Crippen LogP contribution in [-0.4, -0.2) is 26.7 Å². The number of hydrogen-bond acceptors (Lipinski definition) is 5. The molecule has 0 fully saturated rings. The Hall–Kier alpha value is -2.58. The van der Waals surface area contributed by atoms with Crippen molar-refractivity contribution in [2.24, 2.45) is 0 Å². The first kappa shape index (κ1) is 20.7. The van der Waals surface area contributed by atoms with Crippen LogP contribution in [0, 0.1) is 5.82 Å². The monoisotopic (exact) mass is 442 g/mol. The predicted molar refractivity (Wildman–Crippen MR) is 121 cm³/mol. The topological polar surface area (TPSA) is 54.2 Å². The molecule has 3 aromatic rings. The summed E-state index contributed by atoms with van der Waals surface area (Å²) in [4.78, 5) is 7.66. The summed E-state index contributed by atoms with van der Waals surface area (Å²) in [7, 11) is 0. The molecule has 0 aliphatic carbocycles. The third-order valence-electron chi connectivity index (χ3n) is 5.16. The summed E-state index contributed by atoms with van der Waals surface area (Å²) in [5, 5.41) is 10.1. The minimum absolute atomic E-state index is 0.299. The van der Waals surface area contributed by atoms with E-state index in [1.807, 2.05) is 30.5 Å². The number of halogens is 1. The molecule has 1 atom stereocenters. The highest BCUT2D eigenvalue weighted by Gasteiger charge is 2.34. The molecule has 1 aliphatic rings. The van der Waals surface area contributed by atoms with Crippen LogP contribution in [-0.2, 0) is 0 Å². The van der Waals surface area contributed by atoms with E-state index in [-0.39, 0.29) is 11.9 Å². The molecule has 1 N–H and O–H groups in total. The van der Waals surface area contributed by atoms with Gasteiger partial charge in [-0.2, -0.15) is 4.98 Å². The predicted octanol–water partition coefficient (Wildman–Crippen LogP) is 5.79. The van der Waals surface area contributed by atoms with Crippen LogP contribution in [0.15, 0.2) is 52.0 Å². The van der Waals surface area contributed by atoms with Crippen LogP contribution in [0.4, 0.5) is 4.39 Å². The molecule has 5 nitrogen and oxygen atoms in total. The van der Waals surface area contributed by atoms with E-state index in [9.17, 15) is 4.39 Å². The van der Waals surface area contributed by atoms with Crippen molar-refractivity contribution >= 4 is 34.2 Å². The van der Waals surface area contributed by atoms with Gasteiger partial charge < -0.3 is 14.7 Å². The molecule has 30 heavy (non-hydrogen) atoms. The van der Waals surface area contributed by atoms with Crippen LogP contribution in [0.3, 0.4) is 0 Å². The van der Waals surface area contributed by atoms with Gasteiger partial charge in [-0.25, -0.2) is 4.39 Å². The summed E-state index contributed by atoms with van der Waals surface area (Å²) in [5.41, 5.74) is 2.53. The van der Waals surface area contributed by atoms with Crippen molar-refractivity contribution in [3.05, 3.63) is 64.7 Å². The van der Waals surface area contributed by atoms with E-state index >= 15 is 0 Å². The first-order valence-corrected chi connectivity index (χ1v) is 11.3. The summed E-state index contributed by atoms with van der Waals surface area (Å²) in [6.07, 6.45) is 3.28. The van der Waals surface area contributed by atoms with Gasteiger partial charge in [0.1, 0.15) is 5.82 Å². The lowest BCUT2D eigenvalue weighted by Gasteiger charge is -2.37. The van der Waals surface area contributed by atoms with Gasteiger partial charge in [-0.15, -0.1) is 11.3 Å². The van der Waals surface area contributed by atoms with Crippen LogP contribution in [0.2, 0.25) is 0 Å². The van der Waals surface area contributed by atoms with Crippen molar-refractivity contribution in [3.8, 4) is 10.7 Å². The molecular weight excluding hydrogens is 419 g/mol. The van der Waals surface area contributed by atoms with Crippen molar-refractivity contribution in [2.45, 2.75) is 39.2 Å². The zero-order valence-electron chi connectivity index (χ0n) is 16.9. The van der Waals surface area contributed by atoms with Gasteiger partial charge in [0.2, 0.25) is 5.82 Å². The normalized spacial score (nSPS) is 16.8. The third-order valence-corrected chi connectivity index (χ3v) is 6.37. The van der Waals surface area contributed by atoms with E-state index in [4.69, 9.17) is 16.7 Å². The quantitative estimate of drug-likeness (QED) is 0.369. The first-order chi connectivity index (χ1) is 14.6. The van der Waals surface area contributed by atoms with E-state index in [0.717, 1.165) is 47.5 Å². The number of unbranched alkanes of at least 4 members (excludes halogenated alkanes) is 2. The Bertz CT molecular complexity index is 1060. The van der Waals surface area contributed by atoms with E-state index in [1.54, 1.807) is 17.4 Å². The van der Waals surface area contributed by atoms with Crippen molar-refractivity contribution in [3.63, 3.8) is 0 Å². The molecule has 0 spiro atoms. The molecule has 0 saturated heterocycles. The number of nitrogens with one attached hydrogen (secondary N) is 1. The van der Waals surface area contributed by atoms with Gasteiger partial charge in [0.05, 0.1) is 16.5 Å². The van der Waals surface area contributed by atoms with E-state index in [1.165, 1.54) is 12.1 Å². The molecular formula is C22H23FN4OS2. The van der Waals surface area contributed by atoms with Crippen LogP contribution < -0.4 is 5.32 Å². The fourth-order valence-electron chi connectivity index (χ4n) is 3.62. The SMILES string of the molecule is CCCCCN1C(=S)NC(c2cccc(F)c2)C(c2nc(-c3cccs3)no2)=C1C. The lowest BCUT2D eigenvalue weighted by molar-refractivity contribution is 0.395. The van der Waals surface area contributed by atoms with Gasteiger partial charge in [0.25, 0.3) is 5.89 Å². The molecule has 4 rings (SSSR count). The Morgan fingerprint density at radius 1 is 1.27 bits per heavy atom. The zero-order chi connectivity index (χ0) is 21.1. The van der Waals surface area contributed by atoms with Crippen LogP contribution in [0.25, 0.3) is 16.3 Å². The number of benzene rings is 1. The largest absolute Gasteiger partial charge is 0.351 e. The first-order valence-electron chi connectivity index (χ1n) is 10.0. The molecule has 1 aromatic carbocycles. The second-order valence-electron chi connectivity index (χ2n) is 7.20. The Morgan fingerprint density at radius 2 is 2.13 bits per heavy atom. The molecule has 0 saturated carbocycles. The Kier molecular flexibility index (Phi) is 6.24. The van der Waals surface area contributed by atoms with Crippen molar-refractivity contribution < 1.29 is 8.91 Å². The van der Waals surface area contributed by atoms with Crippen molar-refractivity contribution in [1.29, 1.82) is 0 Å². The number of hydrogen-bond donors (Lipinski definition) is 1. The summed E-state index contributed by atoms with van der Waals surface area (Å²) >= 11 is 7.21. The summed E-state index contributed by atoms with van der Waals surface area (Å²) in [6.45, 7) is 4.98. The maximum absolute atomic E-state index is 14.0. The molecule has 8 heteroatoms. The fraction of sp³-hybridized carbons (Fsp3) is 0.318. The van der Waals surface area contributed by atoms with Gasteiger partial charge in [-0.05, 0) is 54.7 Å². The molecule has 3 heterocycles. The summed E-state index contributed by atoms with van der Waals surface area (Å²) in [5.74, 6) is 0.664. The Balaban J connectivity index is 1.77. The highest BCUT2D eigenvalue weighted by molar-refractivity contribution is 7.80. The minimum Gasteiger partial charge on any atom is -0.351 e. The van der Waals surface area contributed by atoms with E-state index in [2.05, 4.69) is 27.3 Å². The molecule has 2 aromatic heterocycles. The van der Waals surface area contributed by atoms with Gasteiger partial charge in [-0.1, -0.05) is 43.1 Å². The number of allylic oxidation sites excluding steroid dienone is 1. The standard InChI is InChI=1S/C22H23FN4OS2/c1-3-4-5-11-27-14(2)18(21-25-20(26-28-21)17-10-7-12-30-17)19(24-22(27)29)15-8-6-9-16(23)13-15/h6-10,12-13,19H,3-5,11H2,1-2H3,(H,24,29). The number of rotatable bonds is 7. The number of aromatic nitrogens is 2. The van der Waals surface area contributed by atoms with Gasteiger partial charge >= 0.3 is 0 Å². The Morgan fingerprint density at radius 3 is 2.87 bits per heavy atom. The zero-order valence-corrected chi connectivity index (χ0v) is 18.5. The molecule has 0 radical (unpaired) electrons. The lowest BCUT2D eigenvalue weighted by Crippen LogP contribution is -2.46. The fourth-order valence-corrected chi connectivity index (χ4v) is 4.62. The number of thiocarbonyl (C=S) groups is 1. The summed E-state index contributed by atoms with van der Waals surface area (Å²) in [6, 6.07) is 10.0. The van der Waals surface area contributed by atoms with E-state index in [0.29, 0.717) is 16.8 Å². The molecule has 0 bridgehead atoms. The molecule has 0 amide bonds. The number of nitrogens with zero attached hydrogens (tertiary/aromatic N) is 3. The minimum atomic E-state index is -0.368. The molecule has 156 valence electrons. The lowest BCUT2D eigenvalue weighted by atomic mass is 9.94. The average Bonchev–Trinajstić information content (AvgIpc) is 3.42. The maximum Gasteiger partial charge on any atom is 0.258 e. The third kappa shape index (κ3) is 4.15. The van der Waals surface area contributed by atoms with Crippen LogP contribution in [0.1, 0.15) is 50.6 Å². The highest BCUT2D eigenvalue weighted by atomic mass is 32.1. The second kappa shape index (κ2) is 9.06. The van der Waals surface area contributed by atoms with Gasteiger partial charge in [-0.3, -0.25) is 0 Å². The van der Waals surface area contributed by atoms with Gasteiger partial charge in [0.15, 0.2) is 5.11 Å². The number of thiophene rings is 1. The van der Waals surface area contributed by atoms with Gasteiger partial charge in [0, 0.05) is 12.2 Å². The smallest absolute Gasteiger partial charge is 0.258 e. The van der Waals surface area contributed by atoms with E-state index < -0.39 is 0 Å². The molecule has 1 unspecified atom stereocenters. The second-order valence-corrected chi connectivity index (χ2v) is 8.53.